The minimum atomic E-state index is 0.649. The van der Waals surface area contributed by atoms with E-state index in [1.54, 1.807) is 12.4 Å². The number of rotatable bonds is 5. The van der Waals surface area contributed by atoms with Crippen LogP contribution in [0.3, 0.4) is 0 Å². The minimum absolute atomic E-state index is 0.649. The predicted octanol–water partition coefficient (Wildman–Crippen LogP) is 3.64. The summed E-state index contributed by atoms with van der Waals surface area (Å²) >= 11 is 0. The van der Waals surface area contributed by atoms with Crippen LogP contribution in [0.25, 0.3) is 10.9 Å². The van der Waals surface area contributed by atoms with Crippen LogP contribution in [0, 0.1) is 0 Å². The normalized spacial score (nSPS) is 10.5. The molecule has 3 rings (SSSR count). The third-order valence-corrected chi connectivity index (χ3v) is 3.18. The van der Waals surface area contributed by atoms with E-state index in [1.165, 1.54) is 0 Å². The first-order valence-electron chi connectivity index (χ1n) is 7.00. The molecule has 0 atom stereocenters. The summed E-state index contributed by atoms with van der Waals surface area (Å²) < 4.78 is 5.46. The molecular weight excluding hydrogens is 262 g/mol. The van der Waals surface area contributed by atoms with Gasteiger partial charge in [0.2, 0.25) is 0 Å². The van der Waals surface area contributed by atoms with E-state index < -0.39 is 0 Å². The van der Waals surface area contributed by atoms with Crippen LogP contribution in [-0.4, -0.2) is 16.6 Å². The first-order valence-corrected chi connectivity index (χ1v) is 7.00. The van der Waals surface area contributed by atoms with E-state index in [0.29, 0.717) is 13.2 Å². The van der Waals surface area contributed by atoms with Gasteiger partial charge in [0, 0.05) is 30.0 Å². The summed E-state index contributed by atoms with van der Waals surface area (Å²) in [5.74, 6) is 0.805. The molecule has 0 radical (unpaired) electrons. The number of benzene rings is 1. The first kappa shape index (κ1) is 13.4. The minimum Gasteiger partial charge on any atom is -0.492 e. The fourth-order valence-corrected chi connectivity index (χ4v) is 2.20. The largest absolute Gasteiger partial charge is 0.492 e. The van der Waals surface area contributed by atoms with E-state index in [4.69, 9.17) is 4.74 Å². The molecule has 0 aliphatic rings. The number of nitrogens with one attached hydrogen (secondary N) is 1. The lowest BCUT2D eigenvalue weighted by atomic mass is 10.2. The van der Waals surface area contributed by atoms with Gasteiger partial charge in [-0.05, 0) is 42.8 Å². The van der Waals surface area contributed by atoms with E-state index >= 15 is 0 Å². The highest BCUT2D eigenvalue weighted by atomic mass is 16.5. The summed E-state index contributed by atoms with van der Waals surface area (Å²) in [6.07, 6.45) is 5.38. The molecule has 1 aromatic carbocycles. The van der Waals surface area contributed by atoms with Gasteiger partial charge in [-0.3, -0.25) is 9.97 Å². The number of fused-ring (bicyclic) bond motifs is 1. The Labute approximate surface area is 123 Å². The molecule has 1 N–H and O–H groups in total. The van der Waals surface area contributed by atoms with E-state index in [1.807, 2.05) is 37.4 Å². The van der Waals surface area contributed by atoms with Crippen LogP contribution in [-0.2, 0) is 6.54 Å². The zero-order valence-electron chi connectivity index (χ0n) is 11.9. The third-order valence-electron chi connectivity index (χ3n) is 3.18. The Bertz CT molecular complexity index is 743. The average molecular weight is 279 g/mol. The predicted molar refractivity (Wildman–Crippen MR) is 84.5 cm³/mol. The van der Waals surface area contributed by atoms with Gasteiger partial charge in [0.1, 0.15) is 5.75 Å². The maximum Gasteiger partial charge on any atom is 0.137 e. The van der Waals surface area contributed by atoms with Crippen LogP contribution in [0.2, 0.25) is 0 Å². The average Bonchev–Trinajstić information content (AvgIpc) is 2.53. The number of anilines is 1. The van der Waals surface area contributed by atoms with Crippen molar-refractivity contribution in [3.8, 4) is 5.75 Å². The lowest BCUT2D eigenvalue weighted by Gasteiger charge is -2.09. The van der Waals surface area contributed by atoms with Crippen molar-refractivity contribution in [2.24, 2.45) is 0 Å². The zero-order valence-corrected chi connectivity index (χ0v) is 11.9. The molecule has 4 heteroatoms. The number of pyridine rings is 2. The van der Waals surface area contributed by atoms with Gasteiger partial charge in [-0.25, -0.2) is 0 Å². The van der Waals surface area contributed by atoms with Crippen molar-refractivity contribution in [2.45, 2.75) is 13.5 Å². The highest BCUT2D eigenvalue weighted by Gasteiger charge is 2.00. The Morgan fingerprint density at radius 3 is 3.00 bits per heavy atom. The topological polar surface area (TPSA) is 47.0 Å². The molecule has 0 saturated heterocycles. The molecule has 106 valence electrons. The van der Waals surface area contributed by atoms with Crippen LogP contribution >= 0.6 is 0 Å². The van der Waals surface area contributed by atoms with Crippen molar-refractivity contribution in [3.63, 3.8) is 0 Å². The molecule has 0 saturated carbocycles. The molecule has 0 spiro atoms. The second-order valence-corrected chi connectivity index (χ2v) is 4.73. The zero-order chi connectivity index (χ0) is 14.5. The molecule has 0 fully saturated rings. The van der Waals surface area contributed by atoms with Crippen molar-refractivity contribution in [2.75, 3.05) is 11.9 Å². The molecule has 21 heavy (non-hydrogen) atoms. The second kappa shape index (κ2) is 6.22. The van der Waals surface area contributed by atoms with Gasteiger partial charge in [-0.2, -0.15) is 0 Å². The van der Waals surface area contributed by atoms with Crippen LogP contribution in [0.15, 0.2) is 55.0 Å². The van der Waals surface area contributed by atoms with E-state index in [-0.39, 0.29) is 0 Å². The Kier molecular flexibility index (Phi) is 3.96. The number of hydrogen-bond donors (Lipinski definition) is 1. The van der Waals surface area contributed by atoms with Gasteiger partial charge >= 0.3 is 0 Å². The van der Waals surface area contributed by atoms with Crippen LogP contribution < -0.4 is 10.1 Å². The molecule has 4 nitrogen and oxygen atoms in total. The maximum atomic E-state index is 5.46. The van der Waals surface area contributed by atoms with Crippen molar-refractivity contribution in [3.05, 3.63) is 60.6 Å². The Balaban J connectivity index is 1.72. The molecule has 2 heterocycles. The van der Waals surface area contributed by atoms with E-state index in [9.17, 15) is 0 Å². The van der Waals surface area contributed by atoms with Gasteiger partial charge in [-0.15, -0.1) is 0 Å². The third kappa shape index (κ3) is 3.28. The lowest BCUT2D eigenvalue weighted by Crippen LogP contribution is -2.01. The van der Waals surface area contributed by atoms with Crippen LogP contribution in [0.1, 0.15) is 12.5 Å². The monoisotopic (exact) mass is 279 g/mol. The molecule has 0 amide bonds. The van der Waals surface area contributed by atoms with E-state index in [2.05, 4.69) is 27.4 Å². The summed E-state index contributed by atoms with van der Waals surface area (Å²) in [5.41, 5.74) is 3.16. The van der Waals surface area contributed by atoms with Gasteiger partial charge in [-0.1, -0.05) is 6.07 Å². The standard InChI is InChI=1S/C17H17N3O/c1-2-21-16-8-13(10-18-12-16)11-20-15-5-6-17-14(9-15)4-3-7-19-17/h3-10,12,20H,2,11H2,1H3. The smallest absolute Gasteiger partial charge is 0.137 e. The molecule has 0 bridgehead atoms. The molecular formula is C17H17N3O. The quantitative estimate of drug-likeness (QED) is 0.774. The van der Waals surface area contributed by atoms with Crippen LogP contribution in [0.5, 0.6) is 5.75 Å². The highest BCUT2D eigenvalue weighted by molar-refractivity contribution is 5.82. The van der Waals surface area contributed by atoms with E-state index in [0.717, 1.165) is 27.9 Å². The molecule has 2 aromatic heterocycles. The van der Waals surface area contributed by atoms with Crippen LogP contribution in [0.4, 0.5) is 5.69 Å². The Morgan fingerprint density at radius 2 is 2.10 bits per heavy atom. The SMILES string of the molecule is CCOc1cncc(CNc2ccc3ncccc3c2)c1. The molecule has 0 unspecified atom stereocenters. The summed E-state index contributed by atoms with van der Waals surface area (Å²) in [6.45, 7) is 3.32. The summed E-state index contributed by atoms with van der Waals surface area (Å²) in [7, 11) is 0. The Hall–Kier alpha value is -2.62. The lowest BCUT2D eigenvalue weighted by molar-refractivity contribution is 0.338. The van der Waals surface area contributed by atoms with Crippen molar-refractivity contribution < 1.29 is 4.74 Å². The number of nitrogens with zero attached hydrogens (tertiary/aromatic N) is 2. The summed E-state index contributed by atoms with van der Waals surface area (Å²) in [5, 5.41) is 4.53. The fraction of sp³-hybridized carbons (Fsp3) is 0.176. The fourth-order valence-electron chi connectivity index (χ4n) is 2.20. The van der Waals surface area contributed by atoms with Crippen molar-refractivity contribution >= 4 is 16.6 Å². The van der Waals surface area contributed by atoms with Crippen molar-refractivity contribution in [1.82, 2.24) is 9.97 Å². The molecule has 0 aliphatic heterocycles. The van der Waals surface area contributed by atoms with Crippen molar-refractivity contribution in [1.29, 1.82) is 0 Å². The molecule has 0 aliphatic carbocycles. The first-order chi connectivity index (χ1) is 10.3. The van der Waals surface area contributed by atoms with Gasteiger partial charge < -0.3 is 10.1 Å². The van der Waals surface area contributed by atoms with Gasteiger partial charge in [0.25, 0.3) is 0 Å². The summed E-state index contributed by atoms with van der Waals surface area (Å²) in [4.78, 5) is 8.51. The number of aromatic nitrogens is 2. The number of hydrogen-bond acceptors (Lipinski definition) is 4. The van der Waals surface area contributed by atoms with Gasteiger partial charge in [0.15, 0.2) is 0 Å². The molecule has 3 aromatic rings. The summed E-state index contributed by atoms with van der Waals surface area (Å²) in [6, 6.07) is 12.2. The number of ether oxygens (including phenoxy) is 1. The second-order valence-electron chi connectivity index (χ2n) is 4.73. The van der Waals surface area contributed by atoms with Gasteiger partial charge in [0.05, 0.1) is 18.3 Å². The highest BCUT2D eigenvalue weighted by Crippen LogP contribution is 2.18. The maximum absolute atomic E-state index is 5.46. The Morgan fingerprint density at radius 1 is 1.14 bits per heavy atom.